The molecule has 0 unspecified atom stereocenters. The molecule has 1 N–H and O–H groups in total. The van der Waals surface area contributed by atoms with E-state index in [1.807, 2.05) is 30.3 Å². The summed E-state index contributed by atoms with van der Waals surface area (Å²) in [6, 6.07) is 21.4. The van der Waals surface area contributed by atoms with Crippen LogP contribution in [-0.4, -0.2) is 11.7 Å². The molecule has 3 aromatic carbocycles. The van der Waals surface area contributed by atoms with Crippen molar-refractivity contribution in [3.05, 3.63) is 107 Å². The van der Waals surface area contributed by atoms with Gasteiger partial charge in [0.05, 0.1) is 5.56 Å². The summed E-state index contributed by atoms with van der Waals surface area (Å²) in [6.45, 7) is 0.374. The fourth-order valence-corrected chi connectivity index (χ4v) is 2.51. The van der Waals surface area contributed by atoms with Crippen molar-refractivity contribution in [1.29, 1.82) is 0 Å². The van der Waals surface area contributed by atoms with Crippen molar-refractivity contribution >= 4 is 11.7 Å². The Morgan fingerprint density at radius 2 is 1.36 bits per heavy atom. The Kier molecular flexibility index (Phi) is 5.00. The molecule has 3 nitrogen and oxygen atoms in total. The molecule has 0 saturated heterocycles. The van der Waals surface area contributed by atoms with Crippen molar-refractivity contribution in [1.82, 2.24) is 5.32 Å². The number of ketones is 1. The van der Waals surface area contributed by atoms with E-state index in [1.165, 1.54) is 24.3 Å². The summed E-state index contributed by atoms with van der Waals surface area (Å²) in [6.07, 6.45) is 0. The Hall–Kier alpha value is -3.27. The largest absolute Gasteiger partial charge is 0.348 e. The molecule has 0 bridgehead atoms. The molecule has 3 aromatic rings. The minimum Gasteiger partial charge on any atom is -0.348 e. The standard InChI is InChI=1S/C21H16FNO2/c22-17-12-10-16(11-13-17)20(24)18-8-4-5-9-19(18)21(25)23-14-15-6-2-1-3-7-15/h1-13H,14H2,(H,23,25). The first-order valence-corrected chi connectivity index (χ1v) is 7.86. The quantitative estimate of drug-likeness (QED) is 0.718. The molecule has 124 valence electrons. The van der Waals surface area contributed by atoms with Crippen LogP contribution in [0.25, 0.3) is 0 Å². The zero-order chi connectivity index (χ0) is 17.6. The van der Waals surface area contributed by atoms with E-state index in [0.29, 0.717) is 23.2 Å². The van der Waals surface area contributed by atoms with E-state index in [-0.39, 0.29) is 11.7 Å². The Bertz CT molecular complexity index is 889. The van der Waals surface area contributed by atoms with E-state index in [2.05, 4.69) is 5.32 Å². The zero-order valence-electron chi connectivity index (χ0n) is 13.4. The highest BCUT2D eigenvalue weighted by molar-refractivity contribution is 6.15. The number of amides is 1. The molecule has 0 saturated carbocycles. The van der Waals surface area contributed by atoms with Crippen molar-refractivity contribution in [2.45, 2.75) is 6.54 Å². The van der Waals surface area contributed by atoms with Gasteiger partial charge in [-0.15, -0.1) is 0 Å². The van der Waals surface area contributed by atoms with Crippen LogP contribution in [0, 0.1) is 5.82 Å². The fourth-order valence-electron chi connectivity index (χ4n) is 2.51. The van der Waals surface area contributed by atoms with Gasteiger partial charge >= 0.3 is 0 Å². The average molecular weight is 333 g/mol. The molecule has 0 atom stereocenters. The number of hydrogen-bond acceptors (Lipinski definition) is 2. The van der Waals surface area contributed by atoms with Gasteiger partial charge in [0.25, 0.3) is 5.91 Å². The second-order valence-corrected chi connectivity index (χ2v) is 5.55. The number of halogens is 1. The molecule has 25 heavy (non-hydrogen) atoms. The summed E-state index contributed by atoms with van der Waals surface area (Å²) >= 11 is 0. The third-order valence-electron chi connectivity index (χ3n) is 3.82. The van der Waals surface area contributed by atoms with Gasteiger partial charge in [-0.25, -0.2) is 4.39 Å². The van der Waals surface area contributed by atoms with Crippen molar-refractivity contribution < 1.29 is 14.0 Å². The third kappa shape index (κ3) is 3.98. The van der Waals surface area contributed by atoms with Crippen LogP contribution in [-0.2, 0) is 6.54 Å². The zero-order valence-corrected chi connectivity index (χ0v) is 13.4. The van der Waals surface area contributed by atoms with E-state index in [9.17, 15) is 14.0 Å². The maximum Gasteiger partial charge on any atom is 0.252 e. The summed E-state index contributed by atoms with van der Waals surface area (Å²) in [7, 11) is 0. The van der Waals surface area contributed by atoms with E-state index in [1.54, 1.807) is 24.3 Å². The molecule has 1 amide bonds. The molecule has 3 rings (SSSR count). The first-order valence-electron chi connectivity index (χ1n) is 7.86. The predicted molar refractivity (Wildman–Crippen MR) is 93.9 cm³/mol. The van der Waals surface area contributed by atoms with Crippen LogP contribution in [0.2, 0.25) is 0 Å². The molecule has 0 aromatic heterocycles. The van der Waals surface area contributed by atoms with Gasteiger partial charge in [0.1, 0.15) is 5.82 Å². The van der Waals surface area contributed by atoms with Gasteiger partial charge in [-0.05, 0) is 35.9 Å². The highest BCUT2D eigenvalue weighted by Crippen LogP contribution is 2.15. The Labute approximate surface area is 145 Å². The summed E-state index contributed by atoms with van der Waals surface area (Å²) in [5.41, 5.74) is 1.90. The number of rotatable bonds is 5. The molecular weight excluding hydrogens is 317 g/mol. The van der Waals surface area contributed by atoms with E-state index < -0.39 is 5.82 Å². The minimum atomic E-state index is -0.412. The maximum atomic E-state index is 13.0. The number of carbonyl (C=O) groups is 2. The second kappa shape index (κ2) is 7.53. The smallest absolute Gasteiger partial charge is 0.252 e. The SMILES string of the molecule is O=C(NCc1ccccc1)c1ccccc1C(=O)c1ccc(F)cc1. The molecule has 0 spiro atoms. The molecule has 0 radical (unpaired) electrons. The van der Waals surface area contributed by atoms with E-state index >= 15 is 0 Å². The molecule has 0 fully saturated rings. The Balaban J connectivity index is 1.81. The third-order valence-corrected chi connectivity index (χ3v) is 3.82. The summed E-state index contributed by atoms with van der Waals surface area (Å²) in [4.78, 5) is 25.2. The van der Waals surface area contributed by atoms with E-state index in [4.69, 9.17) is 0 Å². The van der Waals surface area contributed by atoms with Crippen molar-refractivity contribution in [2.24, 2.45) is 0 Å². The lowest BCUT2D eigenvalue weighted by Gasteiger charge is -2.10. The van der Waals surface area contributed by atoms with Crippen LogP contribution in [0.1, 0.15) is 31.8 Å². The van der Waals surface area contributed by atoms with Gasteiger partial charge in [0, 0.05) is 17.7 Å². The highest BCUT2D eigenvalue weighted by atomic mass is 19.1. The highest BCUT2D eigenvalue weighted by Gasteiger charge is 2.17. The Morgan fingerprint density at radius 3 is 2.04 bits per heavy atom. The normalized spacial score (nSPS) is 10.3. The molecule has 0 aliphatic rings. The lowest BCUT2D eigenvalue weighted by molar-refractivity contribution is 0.0939. The molecule has 4 heteroatoms. The Morgan fingerprint density at radius 1 is 0.760 bits per heavy atom. The van der Waals surface area contributed by atoms with E-state index in [0.717, 1.165) is 5.56 Å². The van der Waals surface area contributed by atoms with Gasteiger partial charge in [0.15, 0.2) is 5.78 Å². The van der Waals surface area contributed by atoms with Crippen LogP contribution in [0.4, 0.5) is 4.39 Å². The van der Waals surface area contributed by atoms with Gasteiger partial charge in [0.2, 0.25) is 0 Å². The molecule has 0 heterocycles. The lowest BCUT2D eigenvalue weighted by Crippen LogP contribution is -2.25. The van der Waals surface area contributed by atoms with Crippen LogP contribution in [0.5, 0.6) is 0 Å². The van der Waals surface area contributed by atoms with Crippen molar-refractivity contribution in [3.8, 4) is 0 Å². The van der Waals surface area contributed by atoms with Gasteiger partial charge in [-0.2, -0.15) is 0 Å². The minimum absolute atomic E-state index is 0.291. The van der Waals surface area contributed by atoms with Gasteiger partial charge in [-0.3, -0.25) is 9.59 Å². The number of carbonyl (C=O) groups excluding carboxylic acids is 2. The monoisotopic (exact) mass is 333 g/mol. The van der Waals surface area contributed by atoms with Gasteiger partial charge in [-0.1, -0.05) is 48.5 Å². The first-order chi connectivity index (χ1) is 12.1. The van der Waals surface area contributed by atoms with Crippen LogP contribution in [0.3, 0.4) is 0 Å². The predicted octanol–water partition coefficient (Wildman–Crippen LogP) is 3.99. The second-order valence-electron chi connectivity index (χ2n) is 5.55. The first kappa shape index (κ1) is 16.6. The summed E-state index contributed by atoms with van der Waals surface area (Å²) < 4.78 is 13.0. The van der Waals surface area contributed by atoms with Gasteiger partial charge < -0.3 is 5.32 Å². The maximum absolute atomic E-state index is 13.0. The lowest BCUT2D eigenvalue weighted by atomic mass is 9.98. The molecular formula is C21H16FNO2. The number of nitrogens with one attached hydrogen (secondary N) is 1. The number of benzene rings is 3. The van der Waals surface area contributed by atoms with Crippen LogP contribution >= 0.6 is 0 Å². The topological polar surface area (TPSA) is 46.2 Å². The van der Waals surface area contributed by atoms with Crippen LogP contribution < -0.4 is 5.32 Å². The number of hydrogen-bond donors (Lipinski definition) is 1. The van der Waals surface area contributed by atoms with Crippen molar-refractivity contribution in [3.63, 3.8) is 0 Å². The van der Waals surface area contributed by atoms with Crippen molar-refractivity contribution in [2.75, 3.05) is 0 Å². The molecule has 0 aliphatic carbocycles. The summed E-state index contributed by atoms with van der Waals surface area (Å²) in [5.74, 6) is -1.05. The average Bonchev–Trinajstić information content (AvgIpc) is 2.67. The molecule has 0 aliphatic heterocycles. The fraction of sp³-hybridized carbons (Fsp3) is 0.0476. The summed E-state index contributed by atoms with van der Waals surface area (Å²) in [5, 5.41) is 2.82. The van der Waals surface area contributed by atoms with Crippen LogP contribution in [0.15, 0.2) is 78.9 Å².